The van der Waals surface area contributed by atoms with Crippen molar-refractivity contribution in [1.82, 2.24) is 25.0 Å². The molecule has 3 aromatic rings. The molecule has 1 saturated heterocycles. The third kappa shape index (κ3) is 3.58. The topological polar surface area (TPSA) is 85.0 Å². The molecule has 1 amide bonds. The molecular weight excluding hydrogens is 338 g/mol. The van der Waals surface area contributed by atoms with E-state index in [2.05, 4.69) is 20.1 Å². The van der Waals surface area contributed by atoms with Crippen molar-refractivity contribution in [3.63, 3.8) is 0 Å². The van der Waals surface area contributed by atoms with Gasteiger partial charge < -0.3 is 9.42 Å². The predicted molar refractivity (Wildman–Crippen MR) is 91.9 cm³/mol. The highest BCUT2D eigenvalue weighted by Crippen LogP contribution is 2.27. The fraction of sp³-hybridized carbons (Fsp3) is 0.353. The summed E-state index contributed by atoms with van der Waals surface area (Å²) >= 11 is 1.61. The average molecular weight is 355 g/mol. The zero-order valence-electron chi connectivity index (χ0n) is 13.5. The molecule has 1 atom stereocenters. The lowest BCUT2D eigenvalue weighted by atomic mass is 9.97. The quantitative estimate of drug-likeness (QED) is 0.715. The molecule has 0 radical (unpaired) electrons. The van der Waals surface area contributed by atoms with Crippen LogP contribution in [0.2, 0.25) is 0 Å². The molecule has 1 aliphatic rings. The first kappa shape index (κ1) is 15.9. The average Bonchev–Trinajstić information content (AvgIpc) is 3.34. The molecule has 0 unspecified atom stereocenters. The molecule has 0 bridgehead atoms. The van der Waals surface area contributed by atoms with Crippen molar-refractivity contribution >= 4 is 17.2 Å². The van der Waals surface area contributed by atoms with E-state index in [1.165, 1.54) is 0 Å². The van der Waals surface area contributed by atoms with Crippen LogP contribution in [0.25, 0.3) is 11.6 Å². The molecule has 7 nitrogen and oxygen atoms in total. The van der Waals surface area contributed by atoms with Crippen molar-refractivity contribution < 1.29 is 9.32 Å². The number of likely N-dealkylation sites (tertiary alicyclic amines) is 1. The van der Waals surface area contributed by atoms with Crippen molar-refractivity contribution in [3.8, 4) is 11.6 Å². The number of hydrogen-bond donors (Lipinski definition) is 0. The molecule has 0 N–H and O–H groups in total. The van der Waals surface area contributed by atoms with E-state index in [-0.39, 0.29) is 11.8 Å². The molecule has 3 aromatic heterocycles. The van der Waals surface area contributed by atoms with E-state index in [9.17, 15) is 4.79 Å². The Hall–Kier alpha value is -2.61. The van der Waals surface area contributed by atoms with E-state index < -0.39 is 0 Å². The highest BCUT2D eigenvalue weighted by molar-refractivity contribution is 7.08. The van der Waals surface area contributed by atoms with Gasteiger partial charge in [0.15, 0.2) is 5.82 Å². The largest absolute Gasteiger partial charge is 0.342 e. The van der Waals surface area contributed by atoms with E-state index in [0.717, 1.165) is 24.9 Å². The zero-order valence-corrected chi connectivity index (χ0v) is 14.4. The Kier molecular flexibility index (Phi) is 4.51. The van der Waals surface area contributed by atoms with Gasteiger partial charge in [0.2, 0.25) is 5.91 Å². The summed E-state index contributed by atoms with van der Waals surface area (Å²) in [5.41, 5.74) is 1.63. The number of aromatic nitrogens is 4. The fourth-order valence-corrected chi connectivity index (χ4v) is 3.68. The minimum Gasteiger partial charge on any atom is -0.342 e. The first-order valence-electron chi connectivity index (χ1n) is 8.18. The Morgan fingerprint density at radius 3 is 3.16 bits per heavy atom. The van der Waals surface area contributed by atoms with Gasteiger partial charge in [-0.1, -0.05) is 5.16 Å². The van der Waals surface area contributed by atoms with Gasteiger partial charge in [-0.3, -0.25) is 9.78 Å². The second kappa shape index (κ2) is 7.10. The van der Waals surface area contributed by atoms with Crippen molar-refractivity contribution in [2.24, 2.45) is 0 Å². The van der Waals surface area contributed by atoms with Crippen LogP contribution in [-0.4, -0.2) is 44.0 Å². The van der Waals surface area contributed by atoms with E-state index >= 15 is 0 Å². The smallest absolute Gasteiger partial charge is 0.278 e. The molecule has 25 heavy (non-hydrogen) atoms. The van der Waals surface area contributed by atoms with Gasteiger partial charge >= 0.3 is 0 Å². The van der Waals surface area contributed by atoms with Crippen LogP contribution in [0.15, 0.2) is 39.9 Å². The Morgan fingerprint density at radius 2 is 2.36 bits per heavy atom. The maximum absolute atomic E-state index is 12.5. The van der Waals surface area contributed by atoms with Crippen LogP contribution in [0, 0.1) is 0 Å². The van der Waals surface area contributed by atoms with E-state index in [1.807, 2.05) is 21.7 Å². The Bertz CT molecular complexity index is 834. The van der Waals surface area contributed by atoms with Crippen LogP contribution in [-0.2, 0) is 11.2 Å². The van der Waals surface area contributed by atoms with Crippen LogP contribution in [0.3, 0.4) is 0 Å². The number of carbonyl (C=O) groups is 1. The summed E-state index contributed by atoms with van der Waals surface area (Å²) < 4.78 is 5.32. The molecule has 0 aromatic carbocycles. The number of nitrogens with zero attached hydrogens (tertiary/aromatic N) is 5. The molecule has 4 heterocycles. The van der Waals surface area contributed by atoms with Gasteiger partial charge in [-0.2, -0.15) is 16.3 Å². The number of thiophene rings is 1. The second-order valence-electron chi connectivity index (χ2n) is 6.04. The van der Waals surface area contributed by atoms with E-state index in [4.69, 9.17) is 4.52 Å². The van der Waals surface area contributed by atoms with Crippen LogP contribution in [0.1, 0.15) is 30.1 Å². The molecule has 1 aliphatic heterocycles. The van der Waals surface area contributed by atoms with Gasteiger partial charge in [-0.25, -0.2) is 4.98 Å². The summed E-state index contributed by atoms with van der Waals surface area (Å²) in [5.74, 6) is 1.24. The maximum Gasteiger partial charge on any atom is 0.278 e. The summed E-state index contributed by atoms with van der Waals surface area (Å²) in [7, 11) is 0. The zero-order chi connectivity index (χ0) is 17.1. The van der Waals surface area contributed by atoms with Crippen LogP contribution < -0.4 is 0 Å². The summed E-state index contributed by atoms with van der Waals surface area (Å²) in [4.78, 5) is 27.1. The standard InChI is InChI=1S/C17H17N5O2S/c23-15(8-12-3-7-25-11-12)22-6-1-2-13(10-22)16-20-17(24-21-16)14-9-18-4-5-19-14/h3-5,7,9,11,13H,1-2,6,8,10H2/t13-/m1/s1. The lowest BCUT2D eigenvalue weighted by molar-refractivity contribution is -0.131. The Balaban J connectivity index is 1.44. The monoisotopic (exact) mass is 355 g/mol. The van der Waals surface area contributed by atoms with Gasteiger partial charge in [0.1, 0.15) is 5.69 Å². The van der Waals surface area contributed by atoms with Crippen LogP contribution in [0.4, 0.5) is 0 Å². The van der Waals surface area contributed by atoms with Gasteiger partial charge in [-0.05, 0) is 35.2 Å². The fourth-order valence-electron chi connectivity index (χ4n) is 3.01. The molecule has 1 fully saturated rings. The summed E-state index contributed by atoms with van der Waals surface area (Å²) in [6, 6.07) is 2.00. The number of piperidine rings is 1. The van der Waals surface area contributed by atoms with Crippen molar-refractivity contribution in [2.45, 2.75) is 25.2 Å². The first-order valence-corrected chi connectivity index (χ1v) is 9.13. The maximum atomic E-state index is 12.5. The lowest BCUT2D eigenvalue weighted by Gasteiger charge is -2.31. The summed E-state index contributed by atoms with van der Waals surface area (Å²) in [6.45, 7) is 1.41. The lowest BCUT2D eigenvalue weighted by Crippen LogP contribution is -2.40. The third-order valence-electron chi connectivity index (χ3n) is 4.30. The van der Waals surface area contributed by atoms with Gasteiger partial charge in [-0.15, -0.1) is 0 Å². The molecule has 4 rings (SSSR count). The van der Waals surface area contributed by atoms with Gasteiger partial charge in [0, 0.05) is 31.4 Å². The van der Waals surface area contributed by atoms with Crippen LogP contribution in [0.5, 0.6) is 0 Å². The summed E-state index contributed by atoms with van der Waals surface area (Å²) in [5, 5.41) is 8.11. The normalized spacial score (nSPS) is 17.6. The summed E-state index contributed by atoms with van der Waals surface area (Å²) in [6.07, 6.45) is 7.11. The molecule has 8 heteroatoms. The molecular formula is C17H17N5O2S. The number of amides is 1. The molecule has 0 aliphatic carbocycles. The SMILES string of the molecule is O=C(Cc1ccsc1)N1CCC[C@@H](c2noc(-c3cnccn3)n2)C1. The van der Waals surface area contributed by atoms with E-state index in [1.54, 1.807) is 29.9 Å². The molecule has 0 saturated carbocycles. The highest BCUT2D eigenvalue weighted by atomic mass is 32.1. The second-order valence-corrected chi connectivity index (χ2v) is 6.82. The van der Waals surface area contributed by atoms with Gasteiger partial charge in [0.25, 0.3) is 5.89 Å². The Morgan fingerprint density at radius 1 is 1.40 bits per heavy atom. The minimum atomic E-state index is 0.0920. The number of carbonyl (C=O) groups excluding carboxylic acids is 1. The number of hydrogen-bond acceptors (Lipinski definition) is 7. The van der Waals surface area contributed by atoms with Crippen molar-refractivity contribution in [3.05, 3.63) is 46.8 Å². The predicted octanol–water partition coefficient (Wildman–Crippen LogP) is 2.54. The number of rotatable bonds is 4. The van der Waals surface area contributed by atoms with Crippen LogP contribution >= 0.6 is 11.3 Å². The van der Waals surface area contributed by atoms with E-state index in [0.29, 0.717) is 30.4 Å². The minimum absolute atomic E-state index is 0.0920. The highest BCUT2D eigenvalue weighted by Gasteiger charge is 2.28. The third-order valence-corrected chi connectivity index (χ3v) is 5.03. The van der Waals surface area contributed by atoms with Gasteiger partial charge in [0.05, 0.1) is 12.6 Å². The Labute approximate surface area is 148 Å². The molecule has 0 spiro atoms. The molecule has 128 valence electrons. The van der Waals surface area contributed by atoms with Crippen molar-refractivity contribution in [2.75, 3.05) is 13.1 Å². The van der Waals surface area contributed by atoms with Crippen molar-refractivity contribution in [1.29, 1.82) is 0 Å². The first-order chi connectivity index (χ1) is 12.3.